The number of esters is 2. The first-order valence-electron chi connectivity index (χ1n) is 13.6. The zero-order chi connectivity index (χ0) is 29.8. The summed E-state index contributed by atoms with van der Waals surface area (Å²) in [5.41, 5.74) is 0.286. The highest BCUT2D eigenvalue weighted by Crippen LogP contribution is 2.02. The minimum atomic E-state index is -0.908. The molecule has 1 N–H and O–H groups in total. The van der Waals surface area contributed by atoms with E-state index >= 15 is 0 Å². The Hall–Kier alpha value is -2.94. The summed E-state index contributed by atoms with van der Waals surface area (Å²) in [6.07, 6.45) is 1.20. The molecule has 13 nitrogen and oxygen atoms in total. The van der Waals surface area contributed by atoms with Gasteiger partial charge in [0.15, 0.2) is 0 Å². The van der Waals surface area contributed by atoms with E-state index in [0.29, 0.717) is 78.9 Å². The summed E-state index contributed by atoms with van der Waals surface area (Å²) in [5, 5.41) is 8.53. The maximum absolute atomic E-state index is 11.9. The lowest BCUT2D eigenvalue weighted by Crippen LogP contribution is -2.20. The van der Waals surface area contributed by atoms with Gasteiger partial charge >= 0.3 is 17.9 Å². The van der Waals surface area contributed by atoms with Crippen LogP contribution >= 0.6 is 0 Å². The fourth-order valence-electron chi connectivity index (χ4n) is 3.00. The highest BCUT2D eigenvalue weighted by Gasteiger charge is 2.17. The molecule has 0 atom stereocenters. The van der Waals surface area contributed by atoms with Gasteiger partial charge in [0.2, 0.25) is 0 Å². The molecule has 0 radical (unpaired) electrons. The number of hydrogen-bond acceptors (Lipinski definition) is 12. The third kappa shape index (κ3) is 22.4. The summed E-state index contributed by atoms with van der Waals surface area (Å²) in [7, 11) is 0. The van der Waals surface area contributed by atoms with Crippen LogP contribution in [0.15, 0.2) is 30.3 Å². The van der Waals surface area contributed by atoms with Crippen LogP contribution in [0.3, 0.4) is 0 Å². The Labute approximate surface area is 240 Å². The van der Waals surface area contributed by atoms with Gasteiger partial charge in [-0.3, -0.25) is 14.4 Å². The van der Waals surface area contributed by atoms with Crippen LogP contribution in [0.4, 0.5) is 0 Å². The van der Waals surface area contributed by atoms with Gasteiger partial charge in [-0.1, -0.05) is 30.3 Å². The van der Waals surface area contributed by atoms with Crippen LogP contribution in [0.1, 0.15) is 36.0 Å². The summed E-state index contributed by atoms with van der Waals surface area (Å²) in [6, 6.07) is 8.21. The van der Waals surface area contributed by atoms with Crippen LogP contribution in [0.5, 0.6) is 0 Å². The molecule has 0 heterocycles. The van der Waals surface area contributed by atoms with Crippen LogP contribution in [0.25, 0.3) is 0 Å². The lowest BCUT2D eigenvalue weighted by Gasteiger charge is -2.08. The summed E-state index contributed by atoms with van der Waals surface area (Å²) >= 11 is 0. The standard InChI is InChI=1S/C28H42O13/c29-25(30)8-4-5-9-26(31)40-22-20-38-18-16-36-14-12-34-10-11-35-13-15-37-17-19-39-21-23-41-28(33)27(32)24-6-2-1-3-7-24/h1-3,6-7H,4-5,8-23H2,(H,29,30). The first-order chi connectivity index (χ1) is 20.0. The summed E-state index contributed by atoms with van der Waals surface area (Å²) in [4.78, 5) is 45.4. The molecule has 0 aromatic heterocycles. The summed E-state index contributed by atoms with van der Waals surface area (Å²) in [6.45, 7) is 4.52. The van der Waals surface area contributed by atoms with E-state index in [2.05, 4.69) is 0 Å². The summed E-state index contributed by atoms with van der Waals surface area (Å²) < 4.78 is 42.0. The molecule has 1 rings (SSSR count). The molecular formula is C28H42O13. The number of hydrogen-bond donors (Lipinski definition) is 1. The Morgan fingerprint density at radius 2 is 0.902 bits per heavy atom. The van der Waals surface area contributed by atoms with E-state index in [1.165, 1.54) is 0 Å². The van der Waals surface area contributed by atoms with Crippen LogP contribution < -0.4 is 0 Å². The lowest BCUT2D eigenvalue weighted by molar-refractivity contribution is -0.146. The topological polar surface area (TPSA) is 162 Å². The highest BCUT2D eigenvalue weighted by atomic mass is 16.6. The van der Waals surface area contributed by atoms with Crippen molar-refractivity contribution >= 4 is 23.7 Å². The van der Waals surface area contributed by atoms with Crippen molar-refractivity contribution in [3.8, 4) is 0 Å². The Morgan fingerprint density at radius 1 is 0.512 bits per heavy atom. The molecule has 0 aliphatic carbocycles. The second-order valence-corrected chi connectivity index (χ2v) is 8.33. The molecule has 0 amide bonds. The SMILES string of the molecule is O=C(O)CCCCC(=O)OCCOCCOCCOCCOCCOCCOCCOC(=O)C(=O)c1ccccc1. The molecule has 0 spiro atoms. The molecule has 41 heavy (non-hydrogen) atoms. The zero-order valence-corrected chi connectivity index (χ0v) is 23.5. The van der Waals surface area contributed by atoms with Gasteiger partial charge in [-0.05, 0) is 12.8 Å². The quantitative estimate of drug-likeness (QED) is 0.0654. The van der Waals surface area contributed by atoms with E-state index < -0.39 is 17.7 Å². The number of carbonyl (C=O) groups excluding carboxylic acids is 3. The van der Waals surface area contributed by atoms with Crippen molar-refractivity contribution in [3.63, 3.8) is 0 Å². The average molecular weight is 587 g/mol. The minimum Gasteiger partial charge on any atom is -0.481 e. The van der Waals surface area contributed by atoms with Crippen molar-refractivity contribution in [2.75, 3.05) is 92.5 Å². The van der Waals surface area contributed by atoms with Gasteiger partial charge in [0, 0.05) is 18.4 Å². The molecule has 0 bridgehead atoms. The van der Waals surface area contributed by atoms with Crippen LogP contribution in [-0.2, 0) is 52.3 Å². The minimum absolute atomic E-state index is 0.0150. The number of ketones is 1. The average Bonchev–Trinajstić information content (AvgIpc) is 2.97. The second kappa shape index (κ2) is 26.0. The van der Waals surface area contributed by atoms with Crippen molar-refractivity contribution < 1.29 is 62.2 Å². The fraction of sp³-hybridized carbons (Fsp3) is 0.643. The number of aliphatic carboxylic acids is 1. The van der Waals surface area contributed by atoms with Gasteiger partial charge in [0.25, 0.3) is 5.78 Å². The van der Waals surface area contributed by atoms with Crippen LogP contribution in [-0.4, -0.2) is 121 Å². The molecule has 0 saturated carbocycles. The Bertz CT molecular complexity index is 832. The third-order valence-electron chi connectivity index (χ3n) is 5.05. The smallest absolute Gasteiger partial charge is 0.379 e. The molecule has 13 heteroatoms. The normalized spacial score (nSPS) is 10.8. The second-order valence-electron chi connectivity index (χ2n) is 8.33. The number of rotatable bonds is 28. The van der Waals surface area contributed by atoms with E-state index in [0.717, 1.165) is 0 Å². The van der Waals surface area contributed by atoms with Gasteiger partial charge in [-0.2, -0.15) is 0 Å². The Balaban J connectivity index is 1.73. The largest absolute Gasteiger partial charge is 0.481 e. The summed E-state index contributed by atoms with van der Waals surface area (Å²) in [5.74, 6) is -2.82. The number of ether oxygens (including phenoxy) is 8. The molecule has 1 aromatic carbocycles. The van der Waals surface area contributed by atoms with Crippen molar-refractivity contribution in [3.05, 3.63) is 35.9 Å². The van der Waals surface area contributed by atoms with E-state index in [4.69, 9.17) is 43.0 Å². The molecule has 232 valence electrons. The van der Waals surface area contributed by atoms with Crippen molar-refractivity contribution in [2.45, 2.75) is 25.7 Å². The monoisotopic (exact) mass is 586 g/mol. The molecule has 0 aliphatic rings. The van der Waals surface area contributed by atoms with E-state index in [-0.39, 0.29) is 50.8 Å². The first kappa shape index (κ1) is 36.1. The van der Waals surface area contributed by atoms with Crippen LogP contribution in [0, 0.1) is 0 Å². The van der Waals surface area contributed by atoms with Gasteiger partial charge in [0.1, 0.15) is 13.2 Å². The van der Waals surface area contributed by atoms with Crippen molar-refractivity contribution in [1.29, 1.82) is 0 Å². The molecule has 0 aliphatic heterocycles. The molecular weight excluding hydrogens is 544 g/mol. The highest BCUT2D eigenvalue weighted by molar-refractivity contribution is 6.40. The van der Waals surface area contributed by atoms with Crippen LogP contribution in [0.2, 0.25) is 0 Å². The predicted molar refractivity (Wildman–Crippen MR) is 144 cm³/mol. The van der Waals surface area contributed by atoms with E-state index in [1.807, 2.05) is 0 Å². The fourth-order valence-corrected chi connectivity index (χ4v) is 3.00. The Morgan fingerprint density at radius 3 is 1.34 bits per heavy atom. The maximum atomic E-state index is 11.9. The van der Waals surface area contributed by atoms with Gasteiger partial charge in [-0.25, -0.2) is 4.79 Å². The molecule has 0 saturated heterocycles. The number of carbonyl (C=O) groups is 4. The van der Waals surface area contributed by atoms with E-state index in [9.17, 15) is 19.2 Å². The Kier molecular flexibility index (Phi) is 22.9. The first-order valence-corrected chi connectivity index (χ1v) is 13.6. The number of unbranched alkanes of at least 4 members (excludes halogenated alkanes) is 1. The lowest BCUT2D eigenvalue weighted by atomic mass is 10.1. The maximum Gasteiger partial charge on any atom is 0.379 e. The number of carboxylic acids is 1. The predicted octanol–water partition coefficient (Wildman–Crippen LogP) is 1.70. The van der Waals surface area contributed by atoms with Crippen molar-refractivity contribution in [2.24, 2.45) is 0 Å². The van der Waals surface area contributed by atoms with Gasteiger partial charge in [-0.15, -0.1) is 0 Å². The molecule has 0 unspecified atom stereocenters. The third-order valence-corrected chi connectivity index (χ3v) is 5.05. The molecule has 0 fully saturated rings. The van der Waals surface area contributed by atoms with Gasteiger partial charge in [0.05, 0.1) is 79.3 Å². The van der Waals surface area contributed by atoms with Gasteiger partial charge < -0.3 is 43.0 Å². The number of Topliss-reactive ketones (excluding diaryl/α,β-unsaturated/α-hetero) is 1. The number of benzene rings is 1. The van der Waals surface area contributed by atoms with Crippen molar-refractivity contribution in [1.82, 2.24) is 0 Å². The number of carboxylic acid groups (broad SMARTS) is 1. The van der Waals surface area contributed by atoms with E-state index in [1.54, 1.807) is 30.3 Å². The molecule has 1 aromatic rings. The zero-order valence-electron chi connectivity index (χ0n) is 23.5.